The molecule has 57 heavy (non-hydrogen) atoms. The predicted molar refractivity (Wildman–Crippen MR) is 202 cm³/mol. The molecular weight excluding hydrogens is 750 g/mol. The van der Waals surface area contributed by atoms with Gasteiger partial charge >= 0.3 is 11.9 Å². The molecule has 3 fully saturated rings. The second-order valence-corrected chi connectivity index (χ2v) is 14.8. The van der Waals surface area contributed by atoms with E-state index in [1.165, 1.54) is 28.7 Å². The topological polar surface area (TPSA) is 158 Å². The van der Waals surface area contributed by atoms with E-state index in [0.717, 1.165) is 55.3 Å². The molecule has 2 N–H and O–H groups in total. The highest BCUT2D eigenvalue weighted by molar-refractivity contribution is 6.03. The molecule has 14 nitrogen and oxygen atoms in total. The summed E-state index contributed by atoms with van der Waals surface area (Å²) in [6.07, 6.45) is 3.03. The average molecular weight is 794 g/mol. The Morgan fingerprint density at radius 2 is 1.74 bits per heavy atom. The summed E-state index contributed by atoms with van der Waals surface area (Å²) in [5.41, 5.74) is 0.839. The molecule has 5 aromatic rings. The van der Waals surface area contributed by atoms with Crippen LogP contribution < -0.4 is 21.1 Å². The third kappa shape index (κ3) is 8.13. The number of imidazole rings is 1. The molecule has 3 atom stereocenters. The summed E-state index contributed by atoms with van der Waals surface area (Å²) in [6.45, 7) is 1.16. The standard InChI is InChI=1S/C20H20F3N5O2.C19H23FN4O3/c1-30-19-17-12(11-28(27-17)13-6-3-2-4-7-13)10-16(26-19)25-18(29)14-8-5-9-15(24-14)20(21,22)23;1-22-9-8-11(13(20)10-22)12-4-3-5-14-17(12)23(2)19(27)24(14)15-6-7-16(25)21-18(15)26/h5,8-11,13H,2-4,6-7H2,1H3,(H,25,29);3-5,11,13,15H,6-10H2,1-2H3,(H,21,25,26)/t;11-,13+,15?/m.1/s1. The van der Waals surface area contributed by atoms with Crippen LogP contribution in [0.1, 0.15) is 91.1 Å². The van der Waals surface area contributed by atoms with Crippen LogP contribution in [0.4, 0.5) is 23.4 Å². The third-order valence-corrected chi connectivity index (χ3v) is 10.9. The van der Waals surface area contributed by atoms with Crippen LogP contribution in [0.15, 0.2) is 53.5 Å². The first-order chi connectivity index (χ1) is 27.2. The van der Waals surface area contributed by atoms with Crippen molar-refractivity contribution >= 4 is 45.5 Å². The normalized spacial score (nSPS) is 20.9. The van der Waals surface area contributed by atoms with Crippen molar-refractivity contribution in [2.24, 2.45) is 7.05 Å². The highest BCUT2D eigenvalue weighted by Crippen LogP contribution is 2.36. The smallest absolute Gasteiger partial charge is 0.433 e. The number of nitrogens with one attached hydrogen (secondary N) is 2. The number of hydrogen-bond donors (Lipinski definition) is 2. The lowest BCUT2D eigenvalue weighted by Gasteiger charge is -2.32. The fourth-order valence-electron chi connectivity index (χ4n) is 8.06. The first-order valence-electron chi connectivity index (χ1n) is 18.9. The Morgan fingerprint density at radius 3 is 2.44 bits per heavy atom. The van der Waals surface area contributed by atoms with Gasteiger partial charge in [-0.1, -0.05) is 37.5 Å². The minimum atomic E-state index is -4.63. The number of para-hydroxylation sites is 1. The third-order valence-electron chi connectivity index (χ3n) is 10.9. The number of carbonyl (C=O) groups excluding carboxylic acids is 3. The van der Waals surface area contributed by atoms with E-state index < -0.39 is 35.9 Å². The van der Waals surface area contributed by atoms with Crippen LogP contribution in [0.25, 0.3) is 21.9 Å². The van der Waals surface area contributed by atoms with Gasteiger partial charge in [0.1, 0.15) is 29.4 Å². The summed E-state index contributed by atoms with van der Waals surface area (Å²) < 4.78 is 63.5. The fourth-order valence-corrected chi connectivity index (χ4v) is 8.06. The Morgan fingerprint density at radius 1 is 0.982 bits per heavy atom. The average Bonchev–Trinajstić information content (AvgIpc) is 3.73. The number of fused-ring (bicyclic) bond motifs is 2. The summed E-state index contributed by atoms with van der Waals surface area (Å²) in [6, 6.07) is 9.82. The minimum absolute atomic E-state index is 0.145. The molecule has 1 aliphatic carbocycles. The monoisotopic (exact) mass is 793 g/mol. The lowest BCUT2D eigenvalue weighted by atomic mass is 9.87. The van der Waals surface area contributed by atoms with Crippen LogP contribution in [0.5, 0.6) is 5.88 Å². The van der Waals surface area contributed by atoms with Crippen molar-refractivity contribution < 1.29 is 36.7 Å². The van der Waals surface area contributed by atoms with Crippen LogP contribution in [0.3, 0.4) is 0 Å². The molecule has 8 rings (SSSR count). The Labute approximate surface area is 324 Å². The number of piperidine rings is 2. The van der Waals surface area contributed by atoms with E-state index in [0.29, 0.717) is 35.6 Å². The van der Waals surface area contributed by atoms with E-state index in [4.69, 9.17) is 4.74 Å². The number of halogens is 4. The molecule has 0 spiro atoms. The predicted octanol–water partition coefficient (Wildman–Crippen LogP) is 5.69. The molecule has 18 heteroatoms. The molecule has 1 saturated carbocycles. The van der Waals surface area contributed by atoms with Crippen molar-refractivity contribution in [1.29, 1.82) is 0 Å². The molecule has 6 heterocycles. The molecule has 1 aromatic carbocycles. The Kier molecular flexibility index (Phi) is 11.2. The van der Waals surface area contributed by atoms with Gasteiger partial charge < -0.3 is 15.0 Å². The first-order valence-corrected chi connectivity index (χ1v) is 18.9. The van der Waals surface area contributed by atoms with Gasteiger partial charge in [-0.2, -0.15) is 23.3 Å². The molecule has 0 bridgehead atoms. The van der Waals surface area contributed by atoms with E-state index in [1.807, 2.05) is 35.0 Å². The fraction of sp³-hybridized carbons (Fsp3) is 0.462. The van der Waals surface area contributed by atoms with E-state index >= 15 is 0 Å². The number of amides is 3. The van der Waals surface area contributed by atoms with Gasteiger partial charge in [-0.3, -0.25) is 33.5 Å². The lowest BCUT2D eigenvalue weighted by Crippen LogP contribution is -2.44. The number of benzene rings is 1. The lowest BCUT2D eigenvalue weighted by molar-refractivity contribution is -0.141. The van der Waals surface area contributed by atoms with Crippen molar-refractivity contribution in [3.05, 3.63) is 76.1 Å². The summed E-state index contributed by atoms with van der Waals surface area (Å²) in [5, 5.41) is 10.1. The summed E-state index contributed by atoms with van der Waals surface area (Å²) in [4.78, 5) is 58.8. The van der Waals surface area contributed by atoms with Crippen LogP contribution in [-0.2, 0) is 22.8 Å². The molecule has 4 aromatic heterocycles. The highest BCUT2D eigenvalue weighted by Gasteiger charge is 2.35. The molecule has 2 saturated heterocycles. The number of likely N-dealkylation sites (tertiary alicyclic amines) is 1. The van der Waals surface area contributed by atoms with Crippen molar-refractivity contribution in [3.63, 3.8) is 0 Å². The minimum Gasteiger partial charge on any atom is -0.479 e. The zero-order valence-corrected chi connectivity index (χ0v) is 31.7. The SMILES string of the molecule is CN1CC[C@H](c2cccc3c2n(C)c(=O)n3C2CCC(=O)NC2=O)[C@@H](F)C1.COc1nc(NC(=O)c2cccc(C(F)(F)F)n2)cc2cn(C3CCCCC3)nc12. The number of alkyl halides is 4. The number of methoxy groups -OCH3 is 1. The highest BCUT2D eigenvalue weighted by atomic mass is 19.4. The Hall–Kier alpha value is -5.65. The summed E-state index contributed by atoms with van der Waals surface area (Å²) in [7, 11) is 5.00. The summed E-state index contributed by atoms with van der Waals surface area (Å²) in [5.74, 6) is -1.49. The van der Waals surface area contributed by atoms with Gasteiger partial charge in [0.15, 0.2) is 5.52 Å². The molecule has 3 amide bonds. The maximum atomic E-state index is 14.8. The van der Waals surface area contributed by atoms with Gasteiger partial charge in [0.25, 0.3) is 5.91 Å². The summed E-state index contributed by atoms with van der Waals surface area (Å²) >= 11 is 0. The number of hydrogen-bond acceptors (Lipinski definition) is 9. The van der Waals surface area contributed by atoms with E-state index in [-0.39, 0.29) is 47.7 Å². The Bertz CT molecular complexity index is 2380. The van der Waals surface area contributed by atoms with Gasteiger partial charge in [0.05, 0.1) is 24.2 Å². The van der Waals surface area contributed by atoms with E-state index in [9.17, 15) is 36.7 Å². The zero-order chi connectivity index (χ0) is 40.6. The second kappa shape index (κ2) is 16.1. The first kappa shape index (κ1) is 39.6. The quantitative estimate of drug-likeness (QED) is 0.163. The largest absolute Gasteiger partial charge is 0.479 e. The van der Waals surface area contributed by atoms with Crippen molar-refractivity contribution in [3.8, 4) is 5.88 Å². The maximum Gasteiger partial charge on any atom is 0.433 e. The molecular formula is C39H43F4N9O5. The number of aryl methyl sites for hydroxylation is 1. The van der Waals surface area contributed by atoms with E-state index in [2.05, 4.69) is 25.7 Å². The maximum absolute atomic E-state index is 14.8. The van der Waals surface area contributed by atoms with Crippen molar-refractivity contribution in [2.75, 3.05) is 32.6 Å². The number of ether oxygens (including phenoxy) is 1. The number of pyridine rings is 2. The molecule has 302 valence electrons. The number of anilines is 1. The number of aromatic nitrogens is 6. The van der Waals surface area contributed by atoms with Crippen LogP contribution >= 0.6 is 0 Å². The van der Waals surface area contributed by atoms with Crippen LogP contribution in [0, 0.1) is 0 Å². The van der Waals surface area contributed by atoms with Crippen molar-refractivity contribution in [1.82, 2.24) is 39.1 Å². The van der Waals surface area contributed by atoms with Gasteiger partial charge in [0, 0.05) is 37.5 Å². The number of nitrogens with zero attached hydrogens (tertiary/aromatic N) is 7. The number of carbonyl (C=O) groups is 3. The second-order valence-electron chi connectivity index (χ2n) is 14.8. The number of rotatable bonds is 6. The van der Waals surface area contributed by atoms with Gasteiger partial charge in [-0.05, 0) is 69.1 Å². The zero-order valence-electron chi connectivity index (χ0n) is 31.7. The van der Waals surface area contributed by atoms with Gasteiger partial charge in [0.2, 0.25) is 17.7 Å². The van der Waals surface area contributed by atoms with Crippen molar-refractivity contribution in [2.45, 2.75) is 81.7 Å². The molecule has 0 radical (unpaired) electrons. The van der Waals surface area contributed by atoms with E-state index in [1.54, 1.807) is 19.2 Å². The number of imide groups is 1. The molecule has 1 unspecified atom stereocenters. The molecule has 3 aliphatic rings. The molecule has 2 aliphatic heterocycles. The van der Waals surface area contributed by atoms with Crippen LogP contribution in [-0.4, -0.2) is 84.9 Å². The van der Waals surface area contributed by atoms with Gasteiger partial charge in [-0.15, -0.1) is 0 Å². The van der Waals surface area contributed by atoms with Gasteiger partial charge in [-0.25, -0.2) is 14.2 Å². The Balaban J connectivity index is 0.000000175. The van der Waals surface area contributed by atoms with Crippen LogP contribution in [0.2, 0.25) is 0 Å².